The van der Waals surface area contributed by atoms with Crippen LogP contribution in [0.5, 0.6) is 0 Å². The largest absolute Gasteiger partial charge is 3.00 e. The van der Waals surface area contributed by atoms with E-state index in [1.165, 1.54) is 146 Å². The van der Waals surface area contributed by atoms with Crippen LogP contribution < -0.4 is 51.4 Å². The molecular weight excluding hydrogens is 1220 g/mol. The van der Waals surface area contributed by atoms with Crippen molar-refractivity contribution in [1.29, 1.82) is 0 Å². The topological polar surface area (TPSA) is 365 Å². The van der Waals surface area contributed by atoms with Crippen LogP contribution in [0.4, 0.5) is 0 Å². The van der Waals surface area contributed by atoms with Crippen molar-refractivity contribution in [2.24, 2.45) is 0 Å². The van der Waals surface area contributed by atoms with Crippen LogP contribution in [0, 0.1) is 0 Å². The Kier molecular flexibility index (Phi) is 24.0. The molecule has 8 aromatic carbocycles. The Labute approximate surface area is 505 Å². The Morgan fingerprint density at radius 3 is 0.436 bits per heavy atom. The molecule has 0 saturated carbocycles. The molecule has 0 fully saturated rings. The fourth-order valence-corrected chi connectivity index (χ4v) is 16.6. The molecule has 0 aromatic heterocycles. The van der Waals surface area contributed by atoms with Crippen LogP contribution in [-0.4, -0.2) is 103 Å². The predicted molar refractivity (Wildman–Crippen MR) is 271 cm³/mol. The number of hydrogen-bond donors (Lipinski definition) is 0. The van der Waals surface area contributed by atoms with Crippen LogP contribution >= 0.6 is 0 Å². The Bertz CT molecular complexity index is 3750. The maximum atomic E-state index is 12.3. The van der Waals surface area contributed by atoms with Crippen LogP contribution in [0.2, 0.25) is 0 Å². The van der Waals surface area contributed by atoms with Crippen molar-refractivity contribution in [3.8, 4) is 0 Å². The molecule has 8 aromatic rings. The molecule has 0 aliphatic heterocycles. The number of rotatable bonds is 12. The zero-order chi connectivity index (χ0) is 56.4. The molecule has 0 aliphatic carbocycles. The summed E-state index contributed by atoms with van der Waals surface area (Å²) in [5.41, 5.74) is 0. The first-order valence-electron chi connectivity index (χ1n) is 20.7. The standard InChI is InChI=1S/4C12H10O5S2.Al.K/c4*13-18(14,10-6-2-1-3-7-10)11-8-4-5-9-12(11)19(15,16)17;;/h4*1-9H,(H,15,16,17);;/q;;;;+3;+1/p-4. The second-order valence-corrected chi connectivity index (χ2v) is 27.9. The summed E-state index contributed by atoms with van der Waals surface area (Å²) in [6.07, 6.45) is 0. The molecule has 0 bridgehead atoms. The van der Waals surface area contributed by atoms with Crippen LogP contribution in [0.3, 0.4) is 0 Å². The van der Waals surface area contributed by atoms with Gasteiger partial charge in [0, 0.05) is 0 Å². The van der Waals surface area contributed by atoms with Crippen molar-refractivity contribution >= 4 is 97.2 Å². The number of sulfone groups is 4. The molecule has 0 N–H and O–H groups in total. The average Bonchev–Trinajstić information content (AvgIpc) is 3.39. The predicted octanol–water partition coefficient (Wildman–Crippen LogP) is 2.32. The molecule has 20 nitrogen and oxygen atoms in total. The number of benzene rings is 8. The van der Waals surface area contributed by atoms with Gasteiger partial charge in [-0.3, -0.25) is 0 Å². The van der Waals surface area contributed by atoms with E-state index in [2.05, 4.69) is 0 Å². The van der Waals surface area contributed by atoms with Crippen molar-refractivity contribution in [2.45, 2.75) is 58.7 Å². The van der Waals surface area contributed by atoms with Crippen LogP contribution in [-0.2, 0) is 79.8 Å². The van der Waals surface area contributed by atoms with Gasteiger partial charge >= 0.3 is 68.7 Å². The maximum absolute atomic E-state index is 12.3. The third kappa shape index (κ3) is 17.2. The van der Waals surface area contributed by atoms with Gasteiger partial charge in [-0.25, -0.2) is 67.3 Å². The second-order valence-electron chi connectivity index (χ2n) is 14.9. The van der Waals surface area contributed by atoms with Crippen molar-refractivity contribution in [3.63, 3.8) is 0 Å². The molecular formula is C48H36AlKO20S8. The van der Waals surface area contributed by atoms with Crippen molar-refractivity contribution in [2.75, 3.05) is 0 Å². The van der Waals surface area contributed by atoms with Crippen LogP contribution in [0.25, 0.3) is 0 Å². The zero-order valence-corrected chi connectivity index (χ0v) is 50.6. The zero-order valence-electron chi connectivity index (χ0n) is 39.8. The monoisotopic (exact) mass is 1250 g/mol. The molecule has 0 atom stereocenters. The smallest absolute Gasteiger partial charge is 0.744 e. The Morgan fingerprint density at radius 1 is 0.192 bits per heavy atom. The molecule has 8 rings (SSSR count). The van der Waals surface area contributed by atoms with Crippen molar-refractivity contribution < 1.29 is 137 Å². The van der Waals surface area contributed by atoms with E-state index in [-0.39, 0.29) is 88.3 Å². The van der Waals surface area contributed by atoms with Gasteiger partial charge < -0.3 is 18.2 Å². The van der Waals surface area contributed by atoms with E-state index in [1.54, 1.807) is 24.3 Å². The van der Waals surface area contributed by atoms with Gasteiger partial charge in [0.25, 0.3) is 0 Å². The van der Waals surface area contributed by atoms with Gasteiger partial charge in [-0.05, 0) is 97.1 Å². The fraction of sp³-hybridized carbons (Fsp3) is 0. The molecule has 0 amide bonds. The van der Waals surface area contributed by atoms with E-state index in [1.807, 2.05) is 0 Å². The minimum atomic E-state index is -4.85. The van der Waals surface area contributed by atoms with Gasteiger partial charge in [-0.15, -0.1) is 0 Å². The molecule has 0 spiro atoms. The fourth-order valence-electron chi connectivity index (χ4n) is 6.42. The van der Waals surface area contributed by atoms with Crippen LogP contribution in [0.15, 0.2) is 277 Å². The average molecular weight is 1260 g/mol. The SMILES string of the molecule is O=S(=O)([O-])c1ccccc1S(=O)(=O)c1ccccc1.O=S(=O)([O-])c1ccccc1S(=O)(=O)c1ccccc1.O=S(=O)([O-])c1ccccc1S(=O)(=O)c1ccccc1.O=S(=O)([O-])c1ccccc1S(=O)(=O)c1ccccc1.[Al+3].[K+]. The summed E-state index contributed by atoms with van der Waals surface area (Å²) in [5, 5.41) is 0. The van der Waals surface area contributed by atoms with Gasteiger partial charge in [0.1, 0.15) is 40.5 Å². The van der Waals surface area contributed by atoms with Gasteiger partial charge in [0.05, 0.1) is 58.7 Å². The third-order valence-corrected chi connectivity index (χ3v) is 21.3. The second kappa shape index (κ2) is 27.7. The maximum Gasteiger partial charge on any atom is 3.00 e. The van der Waals surface area contributed by atoms with E-state index in [0.717, 1.165) is 48.5 Å². The summed E-state index contributed by atoms with van der Waals surface area (Å²) in [6.45, 7) is 0. The summed E-state index contributed by atoms with van der Waals surface area (Å²) in [7, 11) is -35.5. The van der Waals surface area contributed by atoms with E-state index >= 15 is 0 Å². The first kappa shape index (κ1) is 67.6. The summed E-state index contributed by atoms with van der Waals surface area (Å²) in [6, 6.07) is 48.4. The van der Waals surface area contributed by atoms with Gasteiger partial charge in [0.15, 0.2) is 0 Å². The van der Waals surface area contributed by atoms with Crippen molar-refractivity contribution in [1.82, 2.24) is 0 Å². The van der Waals surface area contributed by atoms with E-state index < -0.39 is 119 Å². The molecule has 0 heterocycles. The normalized spacial score (nSPS) is 11.9. The van der Waals surface area contributed by atoms with Crippen LogP contribution in [0.1, 0.15) is 0 Å². The summed E-state index contributed by atoms with van der Waals surface area (Å²) >= 11 is 0. The molecule has 0 aliphatic rings. The van der Waals surface area contributed by atoms with Gasteiger partial charge in [0.2, 0.25) is 39.3 Å². The van der Waals surface area contributed by atoms with Gasteiger partial charge in [-0.2, -0.15) is 0 Å². The first-order chi connectivity index (χ1) is 35.3. The van der Waals surface area contributed by atoms with E-state index in [4.69, 9.17) is 0 Å². The number of hydrogen-bond acceptors (Lipinski definition) is 20. The molecule has 78 heavy (non-hydrogen) atoms. The molecule has 30 heteroatoms. The third-order valence-electron chi connectivity index (χ3n) is 9.85. The quantitative estimate of drug-likeness (QED) is 0.125. The Hall–Kier alpha value is -4.63. The summed E-state index contributed by atoms with van der Waals surface area (Å²) in [5.74, 6) is 0. The minimum absolute atomic E-state index is 0. The molecule has 0 saturated heterocycles. The molecule has 400 valence electrons. The summed E-state index contributed by atoms with van der Waals surface area (Å²) < 4.78 is 232. The summed E-state index contributed by atoms with van der Waals surface area (Å²) in [4.78, 5) is -5.22. The Balaban J connectivity index is 0.000000271. The molecule has 0 radical (unpaired) electrons. The van der Waals surface area contributed by atoms with E-state index in [9.17, 15) is 85.6 Å². The molecule has 0 unspecified atom stereocenters. The van der Waals surface area contributed by atoms with E-state index in [0.29, 0.717) is 0 Å². The Morgan fingerprint density at radius 2 is 0.308 bits per heavy atom. The van der Waals surface area contributed by atoms with Crippen molar-refractivity contribution in [3.05, 3.63) is 218 Å². The first-order valence-corrected chi connectivity index (χ1v) is 32.3. The minimum Gasteiger partial charge on any atom is -0.744 e. The van der Waals surface area contributed by atoms with Gasteiger partial charge in [-0.1, -0.05) is 121 Å².